The average Bonchev–Trinajstić information content (AvgIpc) is 1.83. The zero-order valence-corrected chi connectivity index (χ0v) is 9.24. The Labute approximate surface area is 83.3 Å². The summed E-state index contributed by atoms with van der Waals surface area (Å²) in [5.74, 6) is 0. The fourth-order valence-electron chi connectivity index (χ4n) is 0.700. The first-order chi connectivity index (χ1) is 5.41. The first-order valence-electron chi connectivity index (χ1n) is 2.98. The molecular formula is C6H5BrClNO2S. The normalized spacial score (nSPS) is 11.6. The summed E-state index contributed by atoms with van der Waals surface area (Å²) in [4.78, 5) is 3.68. The molecule has 0 spiro atoms. The van der Waals surface area contributed by atoms with E-state index in [2.05, 4.69) is 20.9 Å². The molecule has 0 fully saturated rings. The number of hydrogen-bond acceptors (Lipinski definition) is 3. The lowest BCUT2D eigenvalue weighted by Gasteiger charge is -1.98. The van der Waals surface area contributed by atoms with Crippen LogP contribution in [-0.4, -0.2) is 13.4 Å². The lowest BCUT2D eigenvalue weighted by Crippen LogP contribution is -1.96. The van der Waals surface area contributed by atoms with E-state index in [0.717, 1.165) is 5.56 Å². The summed E-state index contributed by atoms with van der Waals surface area (Å²) in [5, 5.41) is -0.144. The Bertz CT molecular complexity index is 404. The monoisotopic (exact) mass is 269 g/mol. The van der Waals surface area contributed by atoms with Gasteiger partial charge in [-0.2, -0.15) is 0 Å². The highest BCUT2D eigenvalue weighted by atomic mass is 79.9. The summed E-state index contributed by atoms with van der Waals surface area (Å²) < 4.78 is 22.1. The van der Waals surface area contributed by atoms with Crippen molar-refractivity contribution >= 4 is 35.7 Å². The van der Waals surface area contributed by atoms with E-state index in [-0.39, 0.29) is 5.03 Å². The summed E-state index contributed by atoms with van der Waals surface area (Å²) in [5.41, 5.74) is 0.867. The van der Waals surface area contributed by atoms with Gasteiger partial charge in [-0.1, -0.05) is 0 Å². The van der Waals surface area contributed by atoms with Gasteiger partial charge in [0.15, 0.2) is 5.03 Å². The van der Waals surface area contributed by atoms with E-state index >= 15 is 0 Å². The molecular weight excluding hydrogens is 265 g/mol. The first-order valence-corrected chi connectivity index (χ1v) is 6.08. The molecule has 0 saturated heterocycles. The Morgan fingerprint density at radius 3 is 2.58 bits per heavy atom. The van der Waals surface area contributed by atoms with Gasteiger partial charge in [-0.3, -0.25) is 0 Å². The standard InChI is InChI=1S/C6H5BrClNO2S/c1-4-2-5(7)6(9-3-4)12(8,10)11/h2-3H,1H3. The van der Waals surface area contributed by atoms with Crippen LogP contribution in [0.15, 0.2) is 21.8 Å². The molecule has 0 unspecified atom stereocenters. The second-order valence-electron chi connectivity index (χ2n) is 2.24. The zero-order chi connectivity index (χ0) is 9.35. The van der Waals surface area contributed by atoms with E-state index in [9.17, 15) is 8.42 Å². The second-order valence-corrected chi connectivity index (χ2v) is 5.57. The predicted molar refractivity (Wildman–Crippen MR) is 49.7 cm³/mol. The molecule has 3 nitrogen and oxygen atoms in total. The summed E-state index contributed by atoms with van der Waals surface area (Å²) >= 11 is 3.06. The van der Waals surface area contributed by atoms with Gasteiger partial charge in [-0.05, 0) is 34.5 Å². The maximum Gasteiger partial charge on any atom is 0.279 e. The summed E-state index contributed by atoms with van der Waals surface area (Å²) in [6, 6.07) is 1.64. The molecule has 66 valence electrons. The molecule has 0 saturated carbocycles. The number of hydrogen-bond donors (Lipinski definition) is 0. The third-order valence-electron chi connectivity index (χ3n) is 1.18. The van der Waals surface area contributed by atoms with E-state index in [0.29, 0.717) is 4.47 Å². The highest BCUT2D eigenvalue weighted by Crippen LogP contribution is 2.22. The van der Waals surface area contributed by atoms with Gasteiger partial charge in [0.05, 0.1) is 4.47 Å². The van der Waals surface area contributed by atoms with Crippen LogP contribution in [0.4, 0.5) is 0 Å². The van der Waals surface area contributed by atoms with Crippen molar-refractivity contribution in [1.29, 1.82) is 0 Å². The molecule has 1 rings (SSSR count). The molecule has 1 heterocycles. The lowest BCUT2D eigenvalue weighted by molar-refractivity contribution is 0.605. The Morgan fingerprint density at radius 1 is 1.58 bits per heavy atom. The highest BCUT2D eigenvalue weighted by molar-refractivity contribution is 9.10. The molecule has 0 aliphatic rings. The van der Waals surface area contributed by atoms with Crippen molar-refractivity contribution in [3.8, 4) is 0 Å². The van der Waals surface area contributed by atoms with E-state index in [4.69, 9.17) is 10.7 Å². The molecule has 12 heavy (non-hydrogen) atoms. The largest absolute Gasteiger partial charge is 0.279 e. The maximum atomic E-state index is 10.8. The maximum absolute atomic E-state index is 10.8. The van der Waals surface area contributed by atoms with Crippen molar-refractivity contribution in [1.82, 2.24) is 4.98 Å². The van der Waals surface area contributed by atoms with Crippen LogP contribution in [0.1, 0.15) is 5.56 Å². The minimum Gasteiger partial charge on any atom is -0.242 e. The molecule has 0 aliphatic heterocycles. The van der Waals surface area contributed by atoms with Gasteiger partial charge >= 0.3 is 0 Å². The van der Waals surface area contributed by atoms with Crippen molar-refractivity contribution in [3.05, 3.63) is 22.3 Å². The van der Waals surface area contributed by atoms with Crippen molar-refractivity contribution in [3.63, 3.8) is 0 Å². The van der Waals surface area contributed by atoms with Gasteiger partial charge in [-0.15, -0.1) is 0 Å². The van der Waals surface area contributed by atoms with Crippen molar-refractivity contribution < 1.29 is 8.42 Å². The summed E-state index contributed by atoms with van der Waals surface area (Å²) in [6.07, 6.45) is 1.44. The van der Waals surface area contributed by atoms with Crippen LogP contribution in [0.2, 0.25) is 0 Å². The molecule has 0 aliphatic carbocycles. The Balaban J connectivity index is 3.39. The molecule has 0 amide bonds. The number of pyridine rings is 1. The van der Waals surface area contributed by atoms with Crippen LogP contribution in [-0.2, 0) is 9.05 Å². The number of nitrogens with zero attached hydrogens (tertiary/aromatic N) is 1. The molecule has 0 N–H and O–H groups in total. The quantitative estimate of drug-likeness (QED) is 0.734. The smallest absolute Gasteiger partial charge is 0.242 e. The van der Waals surface area contributed by atoms with Crippen molar-refractivity contribution in [2.45, 2.75) is 11.9 Å². The number of rotatable bonds is 1. The van der Waals surface area contributed by atoms with Crippen molar-refractivity contribution in [2.75, 3.05) is 0 Å². The Kier molecular flexibility index (Phi) is 2.75. The van der Waals surface area contributed by atoms with E-state index in [1.807, 2.05) is 6.92 Å². The SMILES string of the molecule is Cc1cnc(S(=O)(=O)Cl)c(Br)c1. The molecule has 0 atom stereocenters. The van der Waals surface area contributed by atoms with Gasteiger partial charge in [0.2, 0.25) is 0 Å². The third-order valence-corrected chi connectivity index (χ3v) is 3.27. The van der Waals surface area contributed by atoms with Crippen LogP contribution >= 0.6 is 26.6 Å². The third kappa shape index (κ3) is 2.18. The second kappa shape index (κ2) is 3.32. The fraction of sp³-hybridized carbons (Fsp3) is 0.167. The first kappa shape index (κ1) is 9.95. The molecule has 1 aromatic rings. The van der Waals surface area contributed by atoms with Gasteiger partial charge in [0, 0.05) is 16.9 Å². The van der Waals surface area contributed by atoms with E-state index in [1.54, 1.807) is 6.07 Å². The predicted octanol–water partition coefficient (Wildman–Crippen LogP) is 2.08. The van der Waals surface area contributed by atoms with Gasteiger partial charge in [0.25, 0.3) is 9.05 Å². The number of halogens is 2. The topological polar surface area (TPSA) is 47.0 Å². The van der Waals surface area contributed by atoms with Crippen LogP contribution in [0.25, 0.3) is 0 Å². The number of aryl methyl sites for hydroxylation is 1. The number of aromatic nitrogens is 1. The Morgan fingerprint density at radius 2 is 2.17 bits per heavy atom. The summed E-state index contributed by atoms with van der Waals surface area (Å²) in [7, 11) is 1.36. The van der Waals surface area contributed by atoms with E-state index in [1.165, 1.54) is 6.20 Å². The van der Waals surface area contributed by atoms with Crippen LogP contribution in [0.3, 0.4) is 0 Å². The van der Waals surface area contributed by atoms with Gasteiger partial charge in [-0.25, -0.2) is 13.4 Å². The van der Waals surface area contributed by atoms with Crippen LogP contribution in [0.5, 0.6) is 0 Å². The lowest BCUT2D eigenvalue weighted by atomic mass is 10.3. The zero-order valence-electron chi connectivity index (χ0n) is 6.08. The minimum absolute atomic E-state index is 0.144. The van der Waals surface area contributed by atoms with Crippen LogP contribution in [0, 0.1) is 6.92 Å². The molecule has 0 bridgehead atoms. The van der Waals surface area contributed by atoms with Crippen molar-refractivity contribution in [2.24, 2.45) is 0 Å². The fourth-order valence-corrected chi connectivity index (χ4v) is 2.92. The molecule has 0 aromatic carbocycles. The van der Waals surface area contributed by atoms with Crippen LogP contribution < -0.4 is 0 Å². The summed E-state index contributed by atoms with van der Waals surface area (Å²) in [6.45, 7) is 1.81. The minimum atomic E-state index is -3.74. The van der Waals surface area contributed by atoms with Gasteiger partial charge < -0.3 is 0 Å². The van der Waals surface area contributed by atoms with Gasteiger partial charge in [0.1, 0.15) is 0 Å². The van der Waals surface area contributed by atoms with E-state index < -0.39 is 9.05 Å². The average molecular weight is 271 g/mol. The molecule has 6 heteroatoms. The Hall–Kier alpha value is -0.130. The highest BCUT2D eigenvalue weighted by Gasteiger charge is 2.15. The molecule has 1 aromatic heterocycles. The molecule has 0 radical (unpaired) electrons.